The zero-order chi connectivity index (χ0) is 13.7. The zero-order valence-electron chi connectivity index (χ0n) is 12.5. The standard InChI is InChI=1S/C14H27N3O2.HI/c1-14(7-4-8-19-14)10-17-13(15-2)16-9-11-5-3-6-12(11)18;/h11-12,18H,3-10H2,1-2H3,(H2,15,16,17);1H. The topological polar surface area (TPSA) is 65.9 Å². The van der Waals surface area contributed by atoms with Gasteiger partial charge in [0.2, 0.25) is 0 Å². The first-order valence-electron chi connectivity index (χ1n) is 7.39. The van der Waals surface area contributed by atoms with Crippen molar-refractivity contribution < 1.29 is 9.84 Å². The number of aliphatic hydroxyl groups is 1. The minimum Gasteiger partial charge on any atom is -0.393 e. The van der Waals surface area contributed by atoms with Gasteiger partial charge in [0.1, 0.15) is 0 Å². The van der Waals surface area contributed by atoms with Gasteiger partial charge in [-0.2, -0.15) is 0 Å². The Balaban J connectivity index is 0.00000200. The van der Waals surface area contributed by atoms with E-state index in [1.165, 1.54) is 0 Å². The van der Waals surface area contributed by atoms with Crippen molar-refractivity contribution in [1.29, 1.82) is 0 Å². The molecule has 118 valence electrons. The molecule has 1 aliphatic heterocycles. The van der Waals surface area contributed by atoms with Gasteiger partial charge in [0.15, 0.2) is 5.96 Å². The van der Waals surface area contributed by atoms with Crippen LogP contribution < -0.4 is 10.6 Å². The Morgan fingerprint density at radius 1 is 1.35 bits per heavy atom. The number of hydrogen-bond acceptors (Lipinski definition) is 3. The first-order chi connectivity index (χ1) is 9.13. The van der Waals surface area contributed by atoms with Crippen LogP contribution >= 0.6 is 24.0 Å². The lowest BCUT2D eigenvalue weighted by Crippen LogP contribution is -2.47. The second-order valence-electron chi connectivity index (χ2n) is 5.97. The van der Waals surface area contributed by atoms with Crippen molar-refractivity contribution in [1.82, 2.24) is 10.6 Å². The molecule has 0 spiro atoms. The van der Waals surface area contributed by atoms with E-state index in [0.29, 0.717) is 5.92 Å². The van der Waals surface area contributed by atoms with Crippen LogP contribution in [0.5, 0.6) is 0 Å². The molecule has 1 saturated carbocycles. The number of ether oxygens (including phenoxy) is 1. The molecule has 0 aromatic heterocycles. The maximum absolute atomic E-state index is 9.80. The van der Waals surface area contributed by atoms with Gasteiger partial charge >= 0.3 is 0 Å². The highest BCUT2D eigenvalue weighted by Crippen LogP contribution is 2.25. The van der Waals surface area contributed by atoms with Gasteiger partial charge in [-0.1, -0.05) is 6.42 Å². The summed E-state index contributed by atoms with van der Waals surface area (Å²) >= 11 is 0. The molecule has 5 nitrogen and oxygen atoms in total. The minimum atomic E-state index is -0.152. The third-order valence-corrected chi connectivity index (χ3v) is 4.30. The van der Waals surface area contributed by atoms with Crippen LogP contribution in [0.1, 0.15) is 39.0 Å². The Kier molecular flexibility index (Phi) is 7.53. The molecular formula is C14H28IN3O2. The monoisotopic (exact) mass is 397 g/mol. The molecule has 0 amide bonds. The SMILES string of the molecule is CN=C(NCC1CCCC1O)NCC1(C)CCCO1.I. The number of halogens is 1. The molecule has 2 rings (SSSR count). The lowest BCUT2D eigenvalue weighted by atomic mass is 10.0. The second kappa shape index (κ2) is 8.38. The summed E-state index contributed by atoms with van der Waals surface area (Å²) in [6.07, 6.45) is 5.25. The first-order valence-corrected chi connectivity index (χ1v) is 7.39. The quantitative estimate of drug-likeness (QED) is 0.382. The Morgan fingerprint density at radius 3 is 2.70 bits per heavy atom. The molecule has 0 bridgehead atoms. The van der Waals surface area contributed by atoms with Crippen LogP contribution in [0.2, 0.25) is 0 Å². The number of nitrogens with zero attached hydrogens (tertiary/aromatic N) is 1. The van der Waals surface area contributed by atoms with Crippen LogP contribution in [-0.2, 0) is 4.74 Å². The lowest BCUT2D eigenvalue weighted by molar-refractivity contribution is 0.0242. The first kappa shape index (κ1) is 18.0. The average Bonchev–Trinajstić information content (AvgIpc) is 3.00. The maximum Gasteiger partial charge on any atom is 0.191 e. The van der Waals surface area contributed by atoms with E-state index >= 15 is 0 Å². The molecule has 3 unspecified atom stereocenters. The molecule has 1 heterocycles. The highest BCUT2D eigenvalue weighted by atomic mass is 127. The number of rotatable bonds is 4. The fourth-order valence-electron chi connectivity index (χ4n) is 2.95. The Bertz CT molecular complexity index is 320. The van der Waals surface area contributed by atoms with E-state index in [-0.39, 0.29) is 35.7 Å². The number of guanidine groups is 1. The van der Waals surface area contributed by atoms with Crippen LogP contribution in [0.15, 0.2) is 4.99 Å². The van der Waals surface area contributed by atoms with Crippen molar-refractivity contribution in [2.75, 3.05) is 26.7 Å². The van der Waals surface area contributed by atoms with Crippen LogP contribution in [0, 0.1) is 5.92 Å². The van der Waals surface area contributed by atoms with E-state index in [2.05, 4.69) is 22.5 Å². The van der Waals surface area contributed by atoms with E-state index in [1.807, 2.05) is 0 Å². The van der Waals surface area contributed by atoms with Crippen molar-refractivity contribution in [3.8, 4) is 0 Å². The summed E-state index contributed by atoms with van der Waals surface area (Å²) in [5.41, 5.74) is -0.0650. The summed E-state index contributed by atoms with van der Waals surface area (Å²) in [5.74, 6) is 1.16. The molecular weight excluding hydrogens is 369 g/mol. The zero-order valence-corrected chi connectivity index (χ0v) is 14.9. The molecule has 0 aromatic rings. The molecule has 6 heteroatoms. The van der Waals surface area contributed by atoms with Crippen molar-refractivity contribution in [2.24, 2.45) is 10.9 Å². The summed E-state index contributed by atoms with van der Waals surface area (Å²) in [4.78, 5) is 4.22. The molecule has 3 atom stereocenters. The van der Waals surface area contributed by atoms with Crippen molar-refractivity contribution >= 4 is 29.9 Å². The summed E-state index contributed by atoms with van der Waals surface area (Å²) in [7, 11) is 1.78. The van der Waals surface area contributed by atoms with E-state index < -0.39 is 0 Å². The predicted octanol–water partition coefficient (Wildman–Crippen LogP) is 1.50. The highest BCUT2D eigenvalue weighted by molar-refractivity contribution is 14.0. The Morgan fingerprint density at radius 2 is 2.15 bits per heavy atom. The van der Waals surface area contributed by atoms with Gasteiger partial charge in [0.05, 0.1) is 11.7 Å². The van der Waals surface area contributed by atoms with Crippen molar-refractivity contribution in [2.45, 2.75) is 50.7 Å². The van der Waals surface area contributed by atoms with Gasteiger partial charge in [-0.3, -0.25) is 4.99 Å². The summed E-state index contributed by atoms with van der Waals surface area (Å²) in [6, 6.07) is 0. The number of aliphatic hydroxyl groups excluding tert-OH is 1. The Labute approximate surface area is 139 Å². The van der Waals surface area contributed by atoms with Gasteiger partial charge in [-0.05, 0) is 32.6 Å². The van der Waals surface area contributed by atoms with Gasteiger partial charge in [-0.15, -0.1) is 24.0 Å². The molecule has 1 aliphatic carbocycles. The molecule has 2 aliphatic rings. The van der Waals surface area contributed by atoms with E-state index in [1.54, 1.807) is 7.05 Å². The van der Waals surface area contributed by atoms with Crippen LogP contribution in [-0.4, -0.2) is 49.5 Å². The predicted molar refractivity (Wildman–Crippen MR) is 91.7 cm³/mol. The minimum absolute atomic E-state index is 0. The Hall–Kier alpha value is -0.0800. The third-order valence-electron chi connectivity index (χ3n) is 4.30. The van der Waals surface area contributed by atoms with Crippen LogP contribution in [0.3, 0.4) is 0 Å². The van der Waals surface area contributed by atoms with Gasteiger partial charge < -0.3 is 20.5 Å². The maximum atomic E-state index is 9.80. The molecule has 0 aromatic carbocycles. The fraction of sp³-hybridized carbons (Fsp3) is 0.929. The van der Waals surface area contributed by atoms with Crippen LogP contribution in [0.25, 0.3) is 0 Å². The smallest absolute Gasteiger partial charge is 0.191 e. The molecule has 1 saturated heterocycles. The number of hydrogen-bond donors (Lipinski definition) is 3. The largest absolute Gasteiger partial charge is 0.393 e. The summed E-state index contributed by atoms with van der Waals surface area (Å²) < 4.78 is 5.75. The van der Waals surface area contributed by atoms with Gasteiger partial charge in [-0.25, -0.2) is 0 Å². The van der Waals surface area contributed by atoms with Gasteiger partial charge in [0.25, 0.3) is 0 Å². The summed E-state index contributed by atoms with van der Waals surface area (Å²) in [5, 5.41) is 16.4. The van der Waals surface area contributed by atoms with Crippen molar-refractivity contribution in [3.05, 3.63) is 0 Å². The molecule has 3 N–H and O–H groups in total. The van der Waals surface area contributed by atoms with Crippen molar-refractivity contribution in [3.63, 3.8) is 0 Å². The highest BCUT2D eigenvalue weighted by Gasteiger charge is 2.30. The lowest BCUT2D eigenvalue weighted by Gasteiger charge is -2.25. The van der Waals surface area contributed by atoms with Crippen LogP contribution in [0.4, 0.5) is 0 Å². The van der Waals surface area contributed by atoms with Gasteiger partial charge in [0, 0.05) is 32.7 Å². The summed E-state index contributed by atoms with van der Waals surface area (Å²) in [6.45, 7) is 4.57. The molecule has 0 radical (unpaired) electrons. The third kappa shape index (κ3) is 5.04. The second-order valence-corrected chi connectivity index (χ2v) is 5.97. The molecule has 20 heavy (non-hydrogen) atoms. The van der Waals surface area contributed by atoms with E-state index in [9.17, 15) is 5.11 Å². The fourth-order valence-corrected chi connectivity index (χ4v) is 2.95. The normalized spacial score (nSPS) is 33.9. The van der Waals surface area contributed by atoms with E-state index in [0.717, 1.165) is 57.8 Å². The molecule has 2 fully saturated rings. The number of aliphatic imine (C=N–C) groups is 1. The number of nitrogens with one attached hydrogen (secondary N) is 2. The average molecular weight is 397 g/mol. The van der Waals surface area contributed by atoms with E-state index in [4.69, 9.17) is 4.74 Å².